The third-order valence-corrected chi connectivity index (χ3v) is 8.91. The molecule has 0 atom stereocenters. The Kier molecular flexibility index (Phi) is 17.1. The molecule has 1 aromatic heterocycles. The van der Waals surface area contributed by atoms with Crippen molar-refractivity contribution in [2.45, 2.75) is 122 Å². The lowest BCUT2D eigenvalue weighted by molar-refractivity contribution is 0.0491. The maximum absolute atomic E-state index is 13.4. The van der Waals surface area contributed by atoms with Crippen molar-refractivity contribution in [2.75, 3.05) is 20.3 Å². The van der Waals surface area contributed by atoms with Crippen molar-refractivity contribution in [1.82, 2.24) is 10.3 Å². The number of nitrogens with one attached hydrogen (secondary N) is 1. The summed E-state index contributed by atoms with van der Waals surface area (Å²) in [4.78, 5) is 42.9. The van der Waals surface area contributed by atoms with E-state index >= 15 is 0 Å². The molecule has 0 aliphatic heterocycles. The average Bonchev–Trinajstić information content (AvgIpc) is 3.92. The van der Waals surface area contributed by atoms with Crippen LogP contribution in [-0.2, 0) is 4.74 Å². The van der Waals surface area contributed by atoms with Crippen molar-refractivity contribution in [3.8, 4) is 16.9 Å². The van der Waals surface area contributed by atoms with Crippen LogP contribution < -0.4 is 10.1 Å². The second-order valence-electron chi connectivity index (χ2n) is 12.8. The molecule has 1 saturated carbocycles. The minimum atomic E-state index is -1.18. The molecule has 3 rings (SSSR count). The van der Waals surface area contributed by atoms with Crippen LogP contribution in [-0.4, -0.2) is 48.2 Å². The fourth-order valence-corrected chi connectivity index (χ4v) is 5.82. The standard InChI is InChI=1S/C39H56N2O6/c1-4-6-7-8-9-10-11-12-13-14-15-16-17-18-19-20-25-47-39(45)36-31(23-24-34(41-36)37(42)40-28-29-21-22-29)32-27-35(46-3)30(5-2)26-33(32)38(43)44/h5,23-24,26-27,29H,2,4,6-22,25,28H2,1,3H3,(H,40,42)(H,43,44). The Balaban J connectivity index is 1.51. The van der Waals surface area contributed by atoms with Gasteiger partial charge in [-0.2, -0.15) is 0 Å². The fourth-order valence-electron chi connectivity index (χ4n) is 5.82. The molecule has 0 bridgehead atoms. The van der Waals surface area contributed by atoms with E-state index in [0.717, 1.165) is 32.1 Å². The zero-order chi connectivity index (χ0) is 33.9. The Morgan fingerprint density at radius 3 is 1.96 bits per heavy atom. The van der Waals surface area contributed by atoms with Crippen LogP contribution in [0.2, 0.25) is 0 Å². The molecule has 258 valence electrons. The molecule has 47 heavy (non-hydrogen) atoms. The second kappa shape index (κ2) is 21.2. The zero-order valence-electron chi connectivity index (χ0n) is 28.7. The topological polar surface area (TPSA) is 115 Å². The number of carboxylic acids is 1. The van der Waals surface area contributed by atoms with Crippen LogP contribution >= 0.6 is 0 Å². The summed E-state index contributed by atoms with van der Waals surface area (Å²) in [6.07, 6.45) is 23.8. The number of esters is 1. The normalized spacial score (nSPS) is 12.5. The molecule has 1 heterocycles. The van der Waals surface area contributed by atoms with Crippen molar-refractivity contribution in [3.63, 3.8) is 0 Å². The summed E-state index contributed by atoms with van der Waals surface area (Å²) in [5.41, 5.74) is 0.941. The van der Waals surface area contributed by atoms with Crippen LogP contribution in [0, 0.1) is 5.92 Å². The number of rotatable bonds is 25. The molecule has 8 heteroatoms. The minimum absolute atomic E-state index is 0.0414. The lowest BCUT2D eigenvalue weighted by atomic mass is 9.95. The summed E-state index contributed by atoms with van der Waals surface area (Å²) in [5, 5.41) is 12.9. The van der Waals surface area contributed by atoms with Gasteiger partial charge in [0.05, 0.1) is 19.3 Å². The number of hydrogen-bond acceptors (Lipinski definition) is 6. The predicted molar refractivity (Wildman–Crippen MR) is 188 cm³/mol. The third kappa shape index (κ3) is 13.2. The van der Waals surface area contributed by atoms with Gasteiger partial charge >= 0.3 is 11.9 Å². The van der Waals surface area contributed by atoms with Gasteiger partial charge in [0.25, 0.3) is 5.91 Å². The van der Waals surface area contributed by atoms with Gasteiger partial charge in [-0.25, -0.2) is 14.6 Å². The number of methoxy groups -OCH3 is 1. The number of amides is 1. The van der Waals surface area contributed by atoms with Gasteiger partial charge in [0.2, 0.25) is 0 Å². The highest BCUT2D eigenvalue weighted by Gasteiger charge is 2.26. The number of aromatic carboxylic acids is 1. The Morgan fingerprint density at radius 2 is 1.45 bits per heavy atom. The molecule has 1 aromatic carbocycles. The minimum Gasteiger partial charge on any atom is -0.496 e. The van der Waals surface area contributed by atoms with Crippen LogP contribution in [0.5, 0.6) is 5.75 Å². The molecule has 0 unspecified atom stereocenters. The highest BCUT2D eigenvalue weighted by Crippen LogP contribution is 2.34. The van der Waals surface area contributed by atoms with E-state index < -0.39 is 11.9 Å². The highest BCUT2D eigenvalue weighted by molar-refractivity contribution is 6.03. The van der Waals surface area contributed by atoms with Crippen molar-refractivity contribution in [3.05, 3.63) is 53.4 Å². The number of benzene rings is 1. The van der Waals surface area contributed by atoms with Crippen LogP contribution in [0.15, 0.2) is 30.8 Å². The van der Waals surface area contributed by atoms with Gasteiger partial charge in [0.1, 0.15) is 11.4 Å². The van der Waals surface area contributed by atoms with Crippen molar-refractivity contribution >= 4 is 23.9 Å². The number of ether oxygens (including phenoxy) is 2. The first-order valence-corrected chi connectivity index (χ1v) is 17.9. The lowest BCUT2D eigenvalue weighted by Crippen LogP contribution is -2.27. The summed E-state index contributed by atoms with van der Waals surface area (Å²) in [6.45, 7) is 6.79. The Labute approximate surface area is 281 Å². The van der Waals surface area contributed by atoms with Crippen molar-refractivity contribution in [2.24, 2.45) is 5.92 Å². The van der Waals surface area contributed by atoms with Gasteiger partial charge in [0, 0.05) is 23.2 Å². The van der Waals surface area contributed by atoms with E-state index in [4.69, 9.17) is 9.47 Å². The molecule has 1 amide bonds. The van der Waals surface area contributed by atoms with E-state index in [9.17, 15) is 19.5 Å². The highest BCUT2D eigenvalue weighted by atomic mass is 16.5. The molecule has 1 fully saturated rings. The number of nitrogens with zero attached hydrogens (tertiary/aromatic N) is 1. The number of unbranched alkanes of at least 4 members (excludes halogenated alkanes) is 15. The third-order valence-electron chi connectivity index (χ3n) is 8.91. The molecule has 1 aliphatic rings. The summed E-state index contributed by atoms with van der Waals surface area (Å²) in [6, 6.07) is 6.06. The van der Waals surface area contributed by atoms with E-state index in [1.165, 1.54) is 109 Å². The predicted octanol–water partition coefficient (Wildman–Crippen LogP) is 9.66. The SMILES string of the molecule is C=Cc1cc(C(=O)O)c(-c2ccc(C(=O)NCC3CC3)nc2C(=O)OCCCCCCCCCCCCCCCCCC)cc1OC. The lowest BCUT2D eigenvalue weighted by Gasteiger charge is -2.15. The van der Waals surface area contributed by atoms with Gasteiger partial charge < -0.3 is 19.9 Å². The first-order chi connectivity index (χ1) is 22.9. The van der Waals surface area contributed by atoms with Gasteiger partial charge in [0.15, 0.2) is 5.69 Å². The molecule has 8 nitrogen and oxygen atoms in total. The average molecular weight is 649 g/mol. The Bertz CT molecular complexity index is 1300. The molecule has 1 aliphatic carbocycles. The van der Waals surface area contributed by atoms with Gasteiger partial charge in [-0.05, 0) is 49.4 Å². The maximum Gasteiger partial charge on any atom is 0.357 e. The van der Waals surface area contributed by atoms with Crippen molar-refractivity contribution in [1.29, 1.82) is 0 Å². The second-order valence-corrected chi connectivity index (χ2v) is 12.8. The van der Waals surface area contributed by atoms with E-state index in [0.29, 0.717) is 23.8 Å². The molecular weight excluding hydrogens is 592 g/mol. The summed E-state index contributed by atoms with van der Waals surface area (Å²) in [5.74, 6) is -1.37. The monoisotopic (exact) mass is 648 g/mol. The van der Waals surface area contributed by atoms with E-state index in [-0.39, 0.29) is 40.6 Å². The van der Waals surface area contributed by atoms with Crippen LogP contribution in [0.3, 0.4) is 0 Å². The number of aromatic nitrogens is 1. The summed E-state index contributed by atoms with van der Waals surface area (Å²) < 4.78 is 11.1. The van der Waals surface area contributed by atoms with Crippen LogP contribution in [0.4, 0.5) is 0 Å². The first-order valence-electron chi connectivity index (χ1n) is 17.9. The first kappa shape index (κ1) is 37.8. The Morgan fingerprint density at radius 1 is 0.872 bits per heavy atom. The molecule has 2 aromatic rings. The van der Waals surface area contributed by atoms with E-state index in [1.54, 1.807) is 12.1 Å². The summed E-state index contributed by atoms with van der Waals surface area (Å²) >= 11 is 0. The largest absolute Gasteiger partial charge is 0.496 e. The number of carboxylic acid groups (broad SMARTS) is 1. The molecule has 0 saturated heterocycles. The molecule has 0 radical (unpaired) electrons. The molecule has 2 N–H and O–H groups in total. The fraction of sp³-hybridized carbons (Fsp3) is 0.590. The Hall–Kier alpha value is -3.68. The van der Waals surface area contributed by atoms with Crippen LogP contribution in [0.1, 0.15) is 159 Å². The van der Waals surface area contributed by atoms with Gasteiger partial charge in [-0.15, -0.1) is 0 Å². The van der Waals surface area contributed by atoms with Crippen LogP contribution in [0.25, 0.3) is 17.2 Å². The smallest absolute Gasteiger partial charge is 0.357 e. The van der Waals surface area contributed by atoms with E-state index in [2.05, 4.69) is 23.8 Å². The molecule has 0 spiro atoms. The molecular formula is C39H56N2O6. The van der Waals surface area contributed by atoms with E-state index in [1.807, 2.05) is 0 Å². The summed E-state index contributed by atoms with van der Waals surface area (Å²) in [7, 11) is 1.48. The van der Waals surface area contributed by atoms with Crippen molar-refractivity contribution < 1.29 is 29.0 Å². The number of hydrogen-bond donors (Lipinski definition) is 2. The zero-order valence-corrected chi connectivity index (χ0v) is 28.7. The number of carbonyl (C=O) groups is 3. The van der Waals surface area contributed by atoms with Gasteiger partial charge in [-0.3, -0.25) is 4.79 Å². The van der Waals surface area contributed by atoms with Gasteiger partial charge in [-0.1, -0.05) is 116 Å². The maximum atomic E-state index is 13.4. The quantitative estimate of drug-likeness (QED) is 0.0814. The number of carbonyl (C=O) groups excluding carboxylic acids is 2. The number of pyridine rings is 1.